The number of aliphatic carboxylic acids is 1. The Balaban J connectivity index is 2.00. The molecule has 1 aromatic rings. The highest BCUT2D eigenvalue weighted by Gasteiger charge is 2.50. The normalized spacial score (nSPS) is 16.1. The smallest absolute Gasteiger partial charge is 0.481 e. The molecule has 1 fully saturated rings. The lowest BCUT2D eigenvalue weighted by molar-refractivity contribution is -0.274. The fraction of sp³-hybridized carbons (Fsp3) is 0.385. The first kappa shape index (κ1) is 15.1. The lowest BCUT2D eigenvalue weighted by atomic mass is 10.1. The molecule has 0 aromatic heterocycles. The number of hydrogen-bond donors (Lipinski definition) is 2. The van der Waals surface area contributed by atoms with Gasteiger partial charge in [-0.1, -0.05) is 6.07 Å². The molecule has 21 heavy (non-hydrogen) atoms. The van der Waals surface area contributed by atoms with E-state index in [9.17, 15) is 22.8 Å². The van der Waals surface area contributed by atoms with E-state index in [1.165, 1.54) is 12.1 Å². The lowest BCUT2D eigenvalue weighted by Gasteiger charge is -2.12. The number of alkyl halides is 3. The highest BCUT2D eigenvalue weighted by Crippen LogP contribution is 2.45. The Morgan fingerprint density at radius 2 is 2.00 bits per heavy atom. The van der Waals surface area contributed by atoms with Crippen LogP contribution in [0.3, 0.4) is 0 Å². The van der Waals surface area contributed by atoms with Gasteiger partial charge < -0.3 is 15.2 Å². The molecule has 114 valence electrons. The van der Waals surface area contributed by atoms with Crippen molar-refractivity contribution < 1.29 is 32.6 Å². The maximum atomic E-state index is 12.1. The Kier molecular flexibility index (Phi) is 3.80. The largest absolute Gasteiger partial charge is 0.573 e. The van der Waals surface area contributed by atoms with Gasteiger partial charge in [0, 0.05) is 12.1 Å². The van der Waals surface area contributed by atoms with Crippen LogP contribution in [0.25, 0.3) is 0 Å². The second-order valence-electron chi connectivity index (χ2n) is 4.84. The standard InChI is InChI=1S/C13H12F3NO4/c14-13(15,16)21-9-3-1-2-8(6-9)10(18)17-7-12(4-5-12)11(19)20/h1-3,6H,4-5,7H2,(H,17,18)(H,19,20). The number of carbonyl (C=O) groups excluding carboxylic acids is 1. The van der Waals surface area contributed by atoms with E-state index in [1.807, 2.05) is 0 Å². The number of carbonyl (C=O) groups is 2. The van der Waals surface area contributed by atoms with E-state index >= 15 is 0 Å². The molecule has 0 bridgehead atoms. The molecule has 8 heteroatoms. The van der Waals surface area contributed by atoms with Gasteiger partial charge in [0.05, 0.1) is 5.41 Å². The third-order valence-corrected chi connectivity index (χ3v) is 3.22. The maximum absolute atomic E-state index is 12.1. The van der Waals surface area contributed by atoms with Crippen LogP contribution in [-0.4, -0.2) is 29.9 Å². The molecule has 1 amide bonds. The van der Waals surface area contributed by atoms with Gasteiger partial charge in [0.15, 0.2) is 0 Å². The van der Waals surface area contributed by atoms with Gasteiger partial charge in [0.1, 0.15) is 5.75 Å². The first-order chi connectivity index (χ1) is 9.72. The van der Waals surface area contributed by atoms with Crippen molar-refractivity contribution in [1.29, 1.82) is 0 Å². The second-order valence-corrected chi connectivity index (χ2v) is 4.84. The van der Waals surface area contributed by atoms with Crippen LogP contribution in [0.2, 0.25) is 0 Å². The van der Waals surface area contributed by atoms with Gasteiger partial charge in [-0.05, 0) is 31.0 Å². The molecule has 1 aliphatic rings. The molecule has 0 heterocycles. The molecular weight excluding hydrogens is 291 g/mol. The van der Waals surface area contributed by atoms with Crippen molar-refractivity contribution in [3.05, 3.63) is 29.8 Å². The number of benzene rings is 1. The lowest BCUT2D eigenvalue weighted by Crippen LogP contribution is -2.34. The van der Waals surface area contributed by atoms with Gasteiger partial charge in [0.2, 0.25) is 0 Å². The molecule has 0 unspecified atom stereocenters. The molecule has 1 aromatic carbocycles. The Bertz CT molecular complexity index is 567. The number of amides is 1. The Morgan fingerprint density at radius 3 is 2.52 bits per heavy atom. The molecule has 0 aliphatic heterocycles. The number of carboxylic acid groups (broad SMARTS) is 1. The van der Waals surface area contributed by atoms with E-state index in [0.717, 1.165) is 12.1 Å². The third-order valence-electron chi connectivity index (χ3n) is 3.22. The summed E-state index contributed by atoms with van der Waals surface area (Å²) in [6.45, 7) is -0.0501. The van der Waals surface area contributed by atoms with Gasteiger partial charge in [-0.2, -0.15) is 0 Å². The predicted molar refractivity (Wildman–Crippen MR) is 64.8 cm³/mol. The van der Waals surface area contributed by atoms with Crippen molar-refractivity contribution in [1.82, 2.24) is 5.32 Å². The summed E-state index contributed by atoms with van der Waals surface area (Å²) >= 11 is 0. The summed E-state index contributed by atoms with van der Waals surface area (Å²) in [6.07, 6.45) is -3.89. The van der Waals surface area contributed by atoms with Crippen molar-refractivity contribution in [2.24, 2.45) is 5.41 Å². The van der Waals surface area contributed by atoms with Crippen molar-refractivity contribution in [2.45, 2.75) is 19.2 Å². The van der Waals surface area contributed by atoms with Gasteiger partial charge >= 0.3 is 12.3 Å². The van der Waals surface area contributed by atoms with Crippen molar-refractivity contribution >= 4 is 11.9 Å². The predicted octanol–water partition coefficient (Wildman–Crippen LogP) is 2.18. The number of nitrogens with one attached hydrogen (secondary N) is 1. The number of rotatable bonds is 5. The van der Waals surface area contributed by atoms with E-state index in [0.29, 0.717) is 12.8 Å². The van der Waals surface area contributed by atoms with E-state index in [2.05, 4.69) is 10.1 Å². The van der Waals surface area contributed by atoms with Crippen molar-refractivity contribution in [3.8, 4) is 5.75 Å². The molecule has 0 atom stereocenters. The Hall–Kier alpha value is -2.25. The average molecular weight is 303 g/mol. The summed E-state index contributed by atoms with van der Waals surface area (Å²) in [5.74, 6) is -2.14. The van der Waals surface area contributed by atoms with Gasteiger partial charge in [-0.25, -0.2) is 0 Å². The summed E-state index contributed by atoms with van der Waals surface area (Å²) in [4.78, 5) is 22.8. The van der Waals surface area contributed by atoms with Crippen molar-refractivity contribution in [3.63, 3.8) is 0 Å². The maximum Gasteiger partial charge on any atom is 0.573 e. The summed E-state index contributed by atoms with van der Waals surface area (Å²) < 4.78 is 40.0. The average Bonchev–Trinajstić information content (AvgIpc) is 3.15. The van der Waals surface area contributed by atoms with Crippen molar-refractivity contribution in [2.75, 3.05) is 6.54 Å². The Labute approximate surface area is 117 Å². The molecule has 2 N–H and O–H groups in total. The molecular formula is C13H12F3NO4. The molecule has 0 saturated heterocycles. The summed E-state index contributed by atoms with van der Waals surface area (Å²) in [6, 6.07) is 4.59. The Morgan fingerprint density at radius 1 is 1.33 bits per heavy atom. The first-order valence-corrected chi connectivity index (χ1v) is 6.09. The zero-order valence-corrected chi connectivity index (χ0v) is 10.7. The minimum Gasteiger partial charge on any atom is -0.481 e. The SMILES string of the molecule is O=C(NCC1(C(=O)O)CC1)c1cccc(OC(F)(F)F)c1. The minimum atomic E-state index is -4.84. The van der Waals surface area contributed by atoms with Gasteiger partial charge in [-0.3, -0.25) is 9.59 Å². The van der Waals surface area contributed by atoms with E-state index < -0.39 is 29.4 Å². The molecule has 1 saturated carbocycles. The number of ether oxygens (including phenoxy) is 1. The van der Waals surface area contributed by atoms with Crippen LogP contribution in [0, 0.1) is 5.41 Å². The van der Waals surface area contributed by atoms with Crippen LogP contribution in [-0.2, 0) is 4.79 Å². The molecule has 1 aliphatic carbocycles. The molecule has 5 nitrogen and oxygen atoms in total. The van der Waals surface area contributed by atoms with Crippen LogP contribution in [0.15, 0.2) is 24.3 Å². The fourth-order valence-electron chi connectivity index (χ4n) is 1.80. The fourth-order valence-corrected chi connectivity index (χ4v) is 1.80. The first-order valence-electron chi connectivity index (χ1n) is 6.09. The number of hydrogen-bond acceptors (Lipinski definition) is 3. The van der Waals surface area contributed by atoms with Crippen LogP contribution in [0.1, 0.15) is 23.2 Å². The monoisotopic (exact) mass is 303 g/mol. The summed E-state index contributed by atoms with van der Waals surface area (Å²) in [7, 11) is 0. The summed E-state index contributed by atoms with van der Waals surface area (Å²) in [5.41, 5.74) is -0.964. The zero-order chi connectivity index (χ0) is 15.7. The van der Waals surface area contributed by atoms with E-state index in [-0.39, 0.29) is 12.1 Å². The number of halogens is 3. The van der Waals surface area contributed by atoms with Gasteiger partial charge in [0.25, 0.3) is 5.91 Å². The van der Waals surface area contributed by atoms with E-state index in [4.69, 9.17) is 5.11 Å². The second kappa shape index (κ2) is 5.27. The molecule has 0 spiro atoms. The highest BCUT2D eigenvalue weighted by molar-refractivity contribution is 5.95. The summed E-state index contributed by atoms with van der Waals surface area (Å²) in [5, 5.41) is 11.4. The van der Waals surface area contributed by atoms with Crippen LogP contribution in [0.5, 0.6) is 5.75 Å². The third kappa shape index (κ3) is 3.87. The quantitative estimate of drug-likeness (QED) is 0.874. The molecule has 0 radical (unpaired) electrons. The molecule has 2 rings (SSSR count). The van der Waals surface area contributed by atoms with Gasteiger partial charge in [-0.15, -0.1) is 13.2 Å². The van der Waals surface area contributed by atoms with Crippen LogP contribution in [0.4, 0.5) is 13.2 Å². The number of carboxylic acids is 1. The van der Waals surface area contributed by atoms with E-state index in [1.54, 1.807) is 0 Å². The van der Waals surface area contributed by atoms with Crippen LogP contribution >= 0.6 is 0 Å². The highest BCUT2D eigenvalue weighted by atomic mass is 19.4. The zero-order valence-electron chi connectivity index (χ0n) is 10.7. The topological polar surface area (TPSA) is 75.6 Å². The van der Waals surface area contributed by atoms with Crippen LogP contribution < -0.4 is 10.1 Å². The minimum absolute atomic E-state index is 0.0297.